The topological polar surface area (TPSA) is 48.9 Å². The predicted molar refractivity (Wildman–Crippen MR) is 100 cm³/mol. The van der Waals surface area contributed by atoms with Gasteiger partial charge in [-0.05, 0) is 19.2 Å². The second-order valence-electron chi connectivity index (χ2n) is 5.20. The van der Waals surface area contributed by atoms with Crippen LogP contribution in [0.4, 0.5) is 22.0 Å². The Morgan fingerprint density at radius 2 is 1.85 bits per heavy atom. The second kappa shape index (κ2) is 12.1. The first-order chi connectivity index (χ1) is 11.7. The molecule has 0 radical (unpaired) electrons. The summed E-state index contributed by atoms with van der Waals surface area (Å²) >= 11 is 0. The van der Waals surface area contributed by atoms with Crippen molar-refractivity contribution in [1.29, 1.82) is 0 Å². The van der Waals surface area contributed by atoms with E-state index in [2.05, 4.69) is 15.6 Å². The first kappa shape index (κ1) is 24.6. The van der Waals surface area contributed by atoms with Gasteiger partial charge in [-0.2, -0.15) is 13.2 Å². The molecule has 0 fully saturated rings. The fraction of sp³-hybridized carbons (Fsp3) is 0.533. The van der Waals surface area contributed by atoms with Gasteiger partial charge in [0.15, 0.2) is 17.5 Å². The molecule has 0 heterocycles. The van der Waals surface area contributed by atoms with Crippen molar-refractivity contribution in [3.63, 3.8) is 0 Å². The number of hydrogen-bond acceptors (Lipinski definition) is 3. The molecule has 0 unspecified atom stereocenters. The molecule has 0 aliphatic rings. The van der Waals surface area contributed by atoms with E-state index in [-0.39, 0.29) is 56.0 Å². The maximum Gasteiger partial charge on any atom is 0.401 e. The molecule has 0 spiro atoms. The molecule has 1 aromatic carbocycles. The van der Waals surface area contributed by atoms with Gasteiger partial charge >= 0.3 is 6.18 Å². The summed E-state index contributed by atoms with van der Waals surface area (Å²) in [6, 6.07) is 3.00. The molecule has 0 bridgehead atoms. The highest BCUT2D eigenvalue weighted by Gasteiger charge is 2.28. The van der Waals surface area contributed by atoms with Gasteiger partial charge in [0.05, 0.1) is 13.1 Å². The van der Waals surface area contributed by atoms with Crippen LogP contribution < -0.4 is 15.4 Å². The van der Waals surface area contributed by atoms with Gasteiger partial charge in [0.2, 0.25) is 0 Å². The molecule has 0 amide bonds. The Hall–Kier alpha value is -1.37. The minimum atomic E-state index is -4.23. The fourth-order valence-electron chi connectivity index (χ4n) is 1.89. The summed E-state index contributed by atoms with van der Waals surface area (Å²) in [6.45, 7) is -0.179. The summed E-state index contributed by atoms with van der Waals surface area (Å²) in [4.78, 5) is 5.05. The lowest BCUT2D eigenvalue weighted by Gasteiger charge is -2.19. The molecule has 26 heavy (non-hydrogen) atoms. The highest BCUT2D eigenvalue weighted by molar-refractivity contribution is 14.0. The van der Waals surface area contributed by atoms with Crippen molar-refractivity contribution >= 4 is 29.9 Å². The van der Waals surface area contributed by atoms with Crippen molar-refractivity contribution in [2.75, 3.05) is 46.9 Å². The summed E-state index contributed by atoms with van der Waals surface area (Å²) in [5.74, 6) is -1.18. The van der Waals surface area contributed by atoms with Crippen molar-refractivity contribution in [1.82, 2.24) is 15.5 Å². The number of nitrogens with one attached hydrogen (secondary N) is 2. The predicted octanol–water partition coefficient (Wildman–Crippen LogP) is 2.62. The highest BCUT2D eigenvalue weighted by atomic mass is 127. The number of benzene rings is 1. The number of hydrogen-bond donors (Lipinski definition) is 2. The molecule has 1 rings (SSSR count). The van der Waals surface area contributed by atoms with Crippen LogP contribution in [0.1, 0.15) is 0 Å². The van der Waals surface area contributed by atoms with Gasteiger partial charge in [-0.15, -0.1) is 24.0 Å². The summed E-state index contributed by atoms with van der Waals surface area (Å²) in [7, 11) is 2.88. The number of alkyl halides is 3. The van der Waals surface area contributed by atoms with Crippen LogP contribution in [0.2, 0.25) is 0 Å². The minimum absolute atomic E-state index is 0. The van der Waals surface area contributed by atoms with Crippen LogP contribution >= 0.6 is 24.0 Å². The van der Waals surface area contributed by atoms with Crippen molar-refractivity contribution in [2.45, 2.75) is 6.18 Å². The zero-order valence-electron chi connectivity index (χ0n) is 14.4. The van der Waals surface area contributed by atoms with E-state index in [4.69, 9.17) is 4.74 Å². The normalized spacial score (nSPS) is 11.9. The maximum atomic E-state index is 13.4. The van der Waals surface area contributed by atoms with Gasteiger partial charge in [0.1, 0.15) is 12.4 Å². The van der Waals surface area contributed by atoms with Crippen LogP contribution in [0, 0.1) is 11.6 Å². The molecule has 0 aromatic heterocycles. The van der Waals surface area contributed by atoms with E-state index in [0.717, 1.165) is 17.0 Å². The first-order valence-electron chi connectivity index (χ1n) is 7.49. The van der Waals surface area contributed by atoms with Gasteiger partial charge in [-0.1, -0.05) is 0 Å². The monoisotopic (exact) mass is 496 g/mol. The number of rotatable bonds is 8. The smallest absolute Gasteiger partial charge is 0.401 e. The van der Waals surface area contributed by atoms with E-state index in [1.165, 1.54) is 20.2 Å². The zero-order chi connectivity index (χ0) is 18.9. The summed E-state index contributed by atoms with van der Waals surface area (Å²) in [5.41, 5.74) is 0. The fourth-order valence-corrected chi connectivity index (χ4v) is 1.89. The lowest BCUT2D eigenvalue weighted by molar-refractivity contribution is -0.142. The maximum absolute atomic E-state index is 13.4. The average Bonchev–Trinajstić information content (AvgIpc) is 2.49. The Bertz CT molecular complexity index is 571. The third kappa shape index (κ3) is 10.6. The van der Waals surface area contributed by atoms with Gasteiger partial charge in [-0.3, -0.25) is 9.89 Å². The number of halogens is 6. The summed E-state index contributed by atoms with van der Waals surface area (Å²) < 4.78 is 67.9. The number of likely N-dealkylation sites (N-methyl/N-ethyl adjacent to an activating group) is 1. The quantitative estimate of drug-likeness (QED) is 0.191. The molecule has 0 saturated carbocycles. The Morgan fingerprint density at radius 1 is 1.19 bits per heavy atom. The van der Waals surface area contributed by atoms with Crippen molar-refractivity contribution in [2.24, 2.45) is 4.99 Å². The van der Waals surface area contributed by atoms with Crippen molar-refractivity contribution in [3.05, 3.63) is 29.8 Å². The number of nitrogens with zero attached hydrogens (tertiary/aromatic N) is 2. The van der Waals surface area contributed by atoms with Gasteiger partial charge < -0.3 is 15.4 Å². The molecular formula is C15H22F5IN4O. The van der Waals surface area contributed by atoms with Gasteiger partial charge in [0, 0.05) is 26.2 Å². The third-order valence-electron chi connectivity index (χ3n) is 3.00. The first-order valence-corrected chi connectivity index (χ1v) is 7.49. The summed E-state index contributed by atoms with van der Waals surface area (Å²) in [5, 5.41) is 5.72. The molecule has 0 aliphatic heterocycles. The molecule has 0 aliphatic carbocycles. The molecule has 0 saturated heterocycles. The average molecular weight is 496 g/mol. The van der Waals surface area contributed by atoms with Crippen LogP contribution in [0.15, 0.2) is 23.2 Å². The van der Waals surface area contributed by atoms with Crippen LogP contribution in [-0.4, -0.2) is 63.9 Å². The Morgan fingerprint density at radius 3 is 2.42 bits per heavy atom. The second-order valence-corrected chi connectivity index (χ2v) is 5.20. The van der Waals surface area contributed by atoms with E-state index in [1.54, 1.807) is 0 Å². The van der Waals surface area contributed by atoms with E-state index < -0.39 is 24.4 Å². The van der Waals surface area contributed by atoms with Gasteiger partial charge in [-0.25, -0.2) is 8.78 Å². The Labute approximate surface area is 166 Å². The van der Waals surface area contributed by atoms with Gasteiger partial charge in [0.25, 0.3) is 0 Å². The number of ether oxygens (including phenoxy) is 1. The molecule has 5 nitrogen and oxygen atoms in total. The molecular weight excluding hydrogens is 474 g/mol. The Kier molecular flexibility index (Phi) is 11.5. The molecule has 2 N–H and O–H groups in total. The van der Waals surface area contributed by atoms with Crippen LogP contribution in [-0.2, 0) is 0 Å². The lowest BCUT2D eigenvalue weighted by atomic mass is 10.3. The molecule has 1 aromatic rings. The Balaban J connectivity index is 0.00000625. The van der Waals surface area contributed by atoms with Crippen molar-refractivity contribution < 1.29 is 26.7 Å². The summed E-state index contributed by atoms with van der Waals surface area (Å²) in [6.07, 6.45) is -4.23. The van der Waals surface area contributed by atoms with Crippen LogP contribution in [0.25, 0.3) is 0 Å². The SMILES string of the molecule is CN=C(NCCOc1ccc(F)cc1F)NCCN(C)CC(F)(F)F.I. The third-order valence-corrected chi connectivity index (χ3v) is 3.00. The minimum Gasteiger partial charge on any atom is -0.489 e. The number of guanidine groups is 1. The molecule has 150 valence electrons. The van der Waals surface area contributed by atoms with E-state index >= 15 is 0 Å². The van der Waals surface area contributed by atoms with Crippen molar-refractivity contribution in [3.8, 4) is 5.75 Å². The van der Waals surface area contributed by atoms with E-state index in [9.17, 15) is 22.0 Å². The number of aliphatic imine (C=N–C) groups is 1. The molecule has 0 atom stereocenters. The van der Waals surface area contributed by atoms with Crippen LogP contribution in [0.3, 0.4) is 0 Å². The standard InChI is InChI=1S/C15H21F5N4O.HI/c1-21-14(22-5-7-24(2)10-15(18,19)20)23-6-8-25-13-4-3-11(16)9-12(13)17;/h3-4,9H,5-8,10H2,1-2H3,(H2,21,22,23);1H. The highest BCUT2D eigenvalue weighted by Crippen LogP contribution is 2.17. The van der Waals surface area contributed by atoms with E-state index in [0.29, 0.717) is 5.96 Å². The molecule has 11 heteroatoms. The van der Waals surface area contributed by atoms with E-state index in [1.807, 2.05) is 0 Å². The zero-order valence-corrected chi connectivity index (χ0v) is 16.7. The van der Waals surface area contributed by atoms with Crippen LogP contribution in [0.5, 0.6) is 5.75 Å². The lowest BCUT2D eigenvalue weighted by Crippen LogP contribution is -2.43. The largest absolute Gasteiger partial charge is 0.489 e.